The molecular weight excluding hydrogens is 314 g/mol. The molecule has 0 aliphatic rings. The van der Waals surface area contributed by atoms with Gasteiger partial charge < -0.3 is 19.2 Å². The van der Waals surface area contributed by atoms with Crippen LogP contribution in [-0.4, -0.2) is 31.6 Å². The summed E-state index contributed by atoms with van der Waals surface area (Å²) in [6, 6.07) is 6.27. The van der Waals surface area contributed by atoms with E-state index in [-0.39, 0.29) is 13.2 Å². The molecule has 0 aliphatic heterocycles. The third-order valence-electron chi connectivity index (χ3n) is 3.03. The van der Waals surface area contributed by atoms with E-state index in [1.807, 2.05) is 0 Å². The molecule has 0 spiro atoms. The van der Waals surface area contributed by atoms with Crippen LogP contribution in [0.1, 0.15) is 5.56 Å². The van der Waals surface area contributed by atoms with Crippen molar-refractivity contribution in [3.63, 3.8) is 0 Å². The highest BCUT2D eigenvalue weighted by Crippen LogP contribution is 2.22. The third kappa shape index (κ3) is 4.61. The van der Waals surface area contributed by atoms with Gasteiger partial charge in [-0.2, -0.15) is 0 Å². The molecule has 0 saturated carbocycles. The smallest absolute Gasteiger partial charge is 0.344 e. The predicted octanol–water partition coefficient (Wildman–Crippen LogP) is 0.773. The number of esters is 1. The summed E-state index contributed by atoms with van der Waals surface area (Å²) in [5, 5.41) is 3.13. The number of carbonyl (C=O) groups excluding carboxylic acids is 2. The standard InChI is InChI=1S/C17H15NO6/c1-3-6-18-15(19)9-23-17(21)10-22-12-4-5-13-11(2)7-16(20)24-14(13)8-12/h1,4-5,7-8H,6,9-10H2,2H3,(H,18,19). The normalized spacial score (nSPS) is 10.0. The summed E-state index contributed by atoms with van der Waals surface area (Å²) in [6.07, 6.45) is 4.98. The number of rotatable bonds is 6. The highest BCUT2D eigenvalue weighted by Gasteiger charge is 2.09. The van der Waals surface area contributed by atoms with E-state index >= 15 is 0 Å². The molecule has 0 saturated heterocycles. The van der Waals surface area contributed by atoms with Gasteiger partial charge in [-0.3, -0.25) is 4.79 Å². The van der Waals surface area contributed by atoms with E-state index in [0.29, 0.717) is 11.3 Å². The Morgan fingerprint density at radius 2 is 2.08 bits per heavy atom. The average molecular weight is 329 g/mol. The number of hydrogen-bond acceptors (Lipinski definition) is 6. The van der Waals surface area contributed by atoms with E-state index in [9.17, 15) is 14.4 Å². The van der Waals surface area contributed by atoms with Crippen molar-refractivity contribution < 1.29 is 23.5 Å². The second kappa shape index (κ2) is 7.83. The molecule has 0 atom stereocenters. The van der Waals surface area contributed by atoms with Crippen LogP contribution in [0, 0.1) is 19.3 Å². The van der Waals surface area contributed by atoms with Crippen LogP contribution in [-0.2, 0) is 14.3 Å². The lowest BCUT2D eigenvalue weighted by Gasteiger charge is -2.08. The number of carbonyl (C=O) groups is 2. The van der Waals surface area contributed by atoms with Gasteiger partial charge in [-0.15, -0.1) is 6.42 Å². The van der Waals surface area contributed by atoms with Gasteiger partial charge in [0.1, 0.15) is 11.3 Å². The first-order valence-electron chi connectivity index (χ1n) is 7.02. The monoisotopic (exact) mass is 329 g/mol. The number of hydrogen-bond donors (Lipinski definition) is 1. The van der Waals surface area contributed by atoms with Crippen LogP contribution in [0.2, 0.25) is 0 Å². The summed E-state index contributed by atoms with van der Waals surface area (Å²) in [4.78, 5) is 34.1. The van der Waals surface area contributed by atoms with Crippen molar-refractivity contribution in [3.05, 3.63) is 40.2 Å². The molecule has 2 rings (SSSR count). The number of benzene rings is 1. The van der Waals surface area contributed by atoms with Gasteiger partial charge >= 0.3 is 11.6 Å². The zero-order valence-corrected chi connectivity index (χ0v) is 13.0. The minimum atomic E-state index is -0.711. The topological polar surface area (TPSA) is 94.8 Å². The van der Waals surface area contributed by atoms with Gasteiger partial charge in [0.2, 0.25) is 0 Å². The molecule has 0 fully saturated rings. The lowest BCUT2D eigenvalue weighted by atomic mass is 10.1. The van der Waals surface area contributed by atoms with E-state index in [1.165, 1.54) is 12.1 Å². The Balaban J connectivity index is 1.91. The second-order valence-corrected chi connectivity index (χ2v) is 4.84. The summed E-state index contributed by atoms with van der Waals surface area (Å²) in [5.41, 5.74) is 0.680. The van der Waals surface area contributed by atoms with Crippen LogP contribution >= 0.6 is 0 Å². The highest BCUT2D eigenvalue weighted by molar-refractivity contribution is 5.82. The Morgan fingerprint density at radius 1 is 1.29 bits per heavy atom. The van der Waals surface area contributed by atoms with Crippen molar-refractivity contribution in [1.82, 2.24) is 5.32 Å². The van der Waals surface area contributed by atoms with Crippen LogP contribution in [0.5, 0.6) is 5.75 Å². The number of nitrogens with one attached hydrogen (secondary N) is 1. The van der Waals surface area contributed by atoms with Gasteiger partial charge in [0.05, 0.1) is 6.54 Å². The molecule has 0 unspecified atom stereocenters. The molecule has 2 aromatic rings. The van der Waals surface area contributed by atoms with Crippen molar-refractivity contribution in [2.24, 2.45) is 0 Å². The maximum Gasteiger partial charge on any atom is 0.344 e. The van der Waals surface area contributed by atoms with Crippen molar-refractivity contribution in [1.29, 1.82) is 0 Å². The van der Waals surface area contributed by atoms with Crippen LogP contribution in [0.4, 0.5) is 0 Å². The molecule has 7 heteroatoms. The Hall–Kier alpha value is -3.27. The molecule has 0 radical (unpaired) electrons. The summed E-state index contributed by atoms with van der Waals surface area (Å²) in [6.45, 7) is 1.04. The van der Waals surface area contributed by atoms with Gasteiger partial charge in [-0.05, 0) is 24.6 Å². The Labute approximate surface area is 137 Å². The van der Waals surface area contributed by atoms with Crippen LogP contribution < -0.4 is 15.7 Å². The highest BCUT2D eigenvalue weighted by atomic mass is 16.6. The molecule has 1 aromatic heterocycles. The quantitative estimate of drug-likeness (QED) is 0.478. The first-order chi connectivity index (χ1) is 11.5. The second-order valence-electron chi connectivity index (χ2n) is 4.84. The number of aryl methyl sites for hydroxylation is 1. The SMILES string of the molecule is C#CCNC(=O)COC(=O)COc1ccc2c(C)cc(=O)oc2c1. The molecule has 24 heavy (non-hydrogen) atoms. The number of ether oxygens (including phenoxy) is 2. The van der Waals surface area contributed by atoms with E-state index in [1.54, 1.807) is 19.1 Å². The summed E-state index contributed by atoms with van der Waals surface area (Å²) in [5.74, 6) is 1.36. The van der Waals surface area contributed by atoms with Crippen molar-refractivity contribution >= 4 is 22.8 Å². The molecule has 1 heterocycles. The first-order valence-corrected chi connectivity index (χ1v) is 7.02. The molecule has 7 nitrogen and oxygen atoms in total. The van der Waals surface area contributed by atoms with Gasteiger partial charge in [0, 0.05) is 17.5 Å². The average Bonchev–Trinajstić information content (AvgIpc) is 2.55. The minimum Gasteiger partial charge on any atom is -0.482 e. The zero-order valence-electron chi connectivity index (χ0n) is 13.0. The molecule has 1 N–H and O–H groups in total. The van der Waals surface area contributed by atoms with Crippen molar-refractivity contribution in [2.45, 2.75) is 6.92 Å². The first kappa shape index (κ1) is 17.1. The maximum absolute atomic E-state index is 11.5. The predicted molar refractivity (Wildman–Crippen MR) is 85.5 cm³/mol. The Bertz CT molecular complexity index is 861. The largest absolute Gasteiger partial charge is 0.482 e. The van der Waals surface area contributed by atoms with Crippen LogP contribution in [0.3, 0.4) is 0 Å². The summed E-state index contributed by atoms with van der Waals surface area (Å²) >= 11 is 0. The fourth-order valence-corrected chi connectivity index (χ4v) is 1.93. The molecule has 1 aromatic carbocycles. The van der Waals surface area contributed by atoms with Gasteiger partial charge in [-0.25, -0.2) is 9.59 Å². The van der Waals surface area contributed by atoms with Gasteiger partial charge in [-0.1, -0.05) is 5.92 Å². The van der Waals surface area contributed by atoms with Gasteiger partial charge in [0.25, 0.3) is 5.91 Å². The number of terminal acetylenes is 1. The summed E-state index contributed by atoms with van der Waals surface area (Å²) in [7, 11) is 0. The lowest BCUT2D eigenvalue weighted by molar-refractivity contribution is -0.150. The molecule has 1 amide bonds. The van der Waals surface area contributed by atoms with Crippen LogP contribution in [0.15, 0.2) is 33.5 Å². The lowest BCUT2D eigenvalue weighted by Crippen LogP contribution is -2.30. The Kier molecular flexibility index (Phi) is 5.58. The van der Waals surface area contributed by atoms with Crippen molar-refractivity contribution in [2.75, 3.05) is 19.8 Å². The van der Waals surface area contributed by atoms with Gasteiger partial charge in [0.15, 0.2) is 13.2 Å². The molecule has 0 aliphatic carbocycles. The number of fused-ring (bicyclic) bond motifs is 1. The third-order valence-corrected chi connectivity index (χ3v) is 3.03. The fraction of sp³-hybridized carbons (Fsp3) is 0.235. The van der Waals surface area contributed by atoms with Crippen LogP contribution in [0.25, 0.3) is 11.0 Å². The molecular formula is C17H15NO6. The molecule has 124 valence electrons. The van der Waals surface area contributed by atoms with E-state index in [0.717, 1.165) is 10.9 Å². The Morgan fingerprint density at radius 3 is 2.83 bits per heavy atom. The maximum atomic E-state index is 11.5. The minimum absolute atomic E-state index is 0.0641. The van der Waals surface area contributed by atoms with E-state index in [2.05, 4.69) is 11.2 Å². The number of amides is 1. The molecule has 0 bridgehead atoms. The van der Waals surface area contributed by atoms with E-state index in [4.69, 9.17) is 20.3 Å². The fourth-order valence-electron chi connectivity index (χ4n) is 1.93. The zero-order chi connectivity index (χ0) is 17.5. The van der Waals surface area contributed by atoms with E-state index < -0.39 is 24.1 Å². The van der Waals surface area contributed by atoms with Crippen molar-refractivity contribution in [3.8, 4) is 18.1 Å². The summed E-state index contributed by atoms with van der Waals surface area (Å²) < 4.78 is 15.1.